The number of Topliss-reactive ketones (excluding diaryl/α,β-unsaturated/α-hetero) is 1. The Morgan fingerprint density at radius 1 is 0.579 bits per heavy atom. The van der Waals surface area contributed by atoms with Gasteiger partial charge in [0.2, 0.25) is 5.78 Å². The summed E-state index contributed by atoms with van der Waals surface area (Å²) in [6.45, 7) is 0. The van der Waals surface area contributed by atoms with Crippen molar-refractivity contribution in [3.05, 3.63) is 114 Å². The molecule has 0 atom stereocenters. The van der Waals surface area contributed by atoms with E-state index in [0.29, 0.717) is 11.3 Å². The van der Waals surface area contributed by atoms with Crippen molar-refractivity contribution in [2.24, 2.45) is 25.6 Å². The number of carbonyl (C=O) groups excluding carboxylic acids is 1. The van der Waals surface area contributed by atoms with Crippen LogP contribution in [0.4, 0.5) is 22.7 Å². The molecule has 1 aliphatic rings. The minimum Gasteiger partial charge on any atom is -0.287 e. The van der Waals surface area contributed by atoms with Gasteiger partial charge in [0.1, 0.15) is 5.71 Å². The first-order chi connectivity index (χ1) is 18.7. The number of allylic oxidation sites excluding steroid dienone is 1. The number of anilines is 1. The molecule has 1 aliphatic carbocycles. The van der Waals surface area contributed by atoms with Gasteiger partial charge < -0.3 is 0 Å². The fraction of sp³-hybridized carbons (Fsp3) is 0.0323. The van der Waals surface area contributed by atoms with E-state index in [-0.39, 0.29) is 5.78 Å². The Morgan fingerprint density at radius 3 is 1.97 bits per heavy atom. The fourth-order valence-corrected chi connectivity index (χ4v) is 4.58. The second-order valence-corrected chi connectivity index (χ2v) is 8.69. The van der Waals surface area contributed by atoms with Gasteiger partial charge in [-0.3, -0.25) is 10.2 Å². The lowest BCUT2D eigenvalue weighted by Gasteiger charge is -2.12. The molecule has 0 aromatic heterocycles. The van der Waals surface area contributed by atoms with Crippen molar-refractivity contribution in [3.8, 4) is 0 Å². The van der Waals surface area contributed by atoms with Crippen LogP contribution in [0.2, 0.25) is 0 Å². The van der Waals surface area contributed by atoms with Gasteiger partial charge in [0, 0.05) is 34.2 Å². The number of hydrazone groups is 1. The maximum absolute atomic E-state index is 12.9. The van der Waals surface area contributed by atoms with Gasteiger partial charge >= 0.3 is 0 Å². The van der Waals surface area contributed by atoms with E-state index < -0.39 is 0 Å². The summed E-state index contributed by atoms with van der Waals surface area (Å²) in [5.41, 5.74) is 8.02. The SMILES string of the molecule is C/N=N/c1ccc(/N=N/c2cccc3c(N/N=C4/C=Cc5ccccc5C4=O)cccc23)c2ccccc12. The lowest BCUT2D eigenvalue weighted by atomic mass is 9.95. The molecule has 0 unspecified atom stereocenters. The van der Waals surface area contributed by atoms with Crippen LogP contribution in [-0.4, -0.2) is 18.5 Å². The van der Waals surface area contributed by atoms with E-state index in [1.54, 1.807) is 13.1 Å². The van der Waals surface area contributed by atoms with Crippen molar-refractivity contribution in [2.75, 3.05) is 12.5 Å². The minimum absolute atomic E-state index is 0.107. The highest BCUT2D eigenvalue weighted by atomic mass is 16.1. The third kappa shape index (κ3) is 4.26. The highest BCUT2D eigenvalue weighted by Crippen LogP contribution is 2.36. The summed E-state index contributed by atoms with van der Waals surface area (Å²) in [5, 5.41) is 25.5. The van der Waals surface area contributed by atoms with Crippen molar-refractivity contribution in [1.29, 1.82) is 0 Å². The van der Waals surface area contributed by atoms with Gasteiger partial charge in [-0.15, -0.1) is 10.2 Å². The summed E-state index contributed by atoms with van der Waals surface area (Å²) in [7, 11) is 1.65. The predicted molar refractivity (Wildman–Crippen MR) is 153 cm³/mol. The molecule has 0 aliphatic heterocycles. The molecule has 0 fully saturated rings. The van der Waals surface area contributed by atoms with Crippen molar-refractivity contribution >= 4 is 61.9 Å². The van der Waals surface area contributed by atoms with E-state index in [9.17, 15) is 4.79 Å². The van der Waals surface area contributed by atoms with E-state index >= 15 is 0 Å². The van der Waals surface area contributed by atoms with Crippen molar-refractivity contribution in [1.82, 2.24) is 0 Å². The third-order valence-electron chi connectivity index (χ3n) is 6.41. The molecule has 0 saturated carbocycles. The summed E-state index contributed by atoms with van der Waals surface area (Å²) >= 11 is 0. The van der Waals surface area contributed by atoms with Crippen molar-refractivity contribution < 1.29 is 4.79 Å². The second-order valence-electron chi connectivity index (χ2n) is 8.69. The normalized spacial score (nSPS) is 14.2. The predicted octanol–water partition coefficient (Wildman–Crippen LogP) is 8.80. The van der Waals surface area contributed by atoms with E-state index in [1.807, 2.05) is 103 Å². The maximum atomic E-state index is 12.9. The summed E-state index contributed by atoms with van der Waals surface area (Å²) < 4.78 is 0. The summed E-state index contributed by atoms with van der Waals surface area (Å²) in [5.74, 6) is -0.107. The molecule has 182 valence electrons. The van der Waals surface area contributed by atoms with Crippen LogP contribution in [0.25, 0.3) is 27.6 Å². The third-order valence-corrected chi connectivity index (χ3v) is 6.41. The van der Waals surface area contributed by atoms with Crippen LogP contribution in [0.5, 0.6) is 0 Å². The zero-order valence-electron chi connectivity index (χ0n) is 20.5. The molecular weight excluding hydrogens is 472 g/mol. The zero-order valence-corrected chi connectivity index (χ0v) is 20.5. The quantitative estimate of drug-likeness (QED) is 0.195. The summed E-state index contributed by atoms with van der Waals surface area (Å²) in [4.78, 5) is 12.9. The Bertz CT molecular complexity index is 1830. The Hall–Kier alpha value is -5.30. The van der Waals surface area contributed by atoms with Crippen LogP contribution < -0.4 is 5.43 Å². The average molecular weight is 495 g/mol. The van der Waals surface area contributed by atoms with Gasteiger partial charge in [-0.1, -0.05) is 78.9 Å². The molecule has 0 bridgehead atoms. The van der Waals surface area contributed by atoms with E-state index in [4.69, 9.17) is 0 Å². The molecule has 5 aromatic carbocycles. The number of hydrogen-bond acceptors (Lipinski definition) is 7. The molecule has 0 radical (unpaired) electrons. The number of rotatable bonds is 5. The lowest BCUT2D eigenvalue weighted by Crippen LogP contribution is -2.18. The van der Waals surface area contributed by atoms with Gasteiger partial charge in [0.25, 0.3) is 0 Å². The smallest absolute Gasteiger partial charge is 0.213 e. The van der Waals surface area contributed by atoms with Crippen molar-refractivity contribution in [3.63, 3.8) is 0 Å². The van der Waals surface area contributed by atoms with Crippen molar-refractivity contribution in [2.45, 2.75) is 0 Å². The molecule has 1 N–H and O–H groups in total. The Balaban J connectivity index is 1.33. The first kappa shape index (κ1) is 23.1. The number of ketones is 1. The maximum Gasteiger partial charge on any atom is 0.213 e. The van der Waals surface area contributed by atoms with Crippen LogP contribution in [0.3, 0.4) is 0 Å². The van der Waals surface area contributed by atoms with E-state index in [1.165, 1.54) is 0 Å². The molecule has 0 spiro atoms. The summed E-state index contributed by atoms with van der Waals surface area (Å²) in [6.07, 6.45) is 3.64. The number of hydrogen-bond donors (Lipinski definition) is 1. The van der Waals surface area contributed by atoms with Gasteiger partial charge in [0.15, 0.2) is 0 Å². The molecule has 6 rings (SSSR count). The van der Waals surface area contributed by atoms with Gasteiger partial charge in [-0.25, -0.2) is 0 Å². The minimum atomic E-state index is -0.107. The number of fused-ring (bicyclic) bond motifs is 3. The topological polar surface area (TPSA) is 90.9 Å². The van der Waals surface area contributed by atoms with Gasteiger partial charge in [-0.05, 0) is 35.9 Å². The van der Waals surface area contributed by atoms with Crippen LogP contribution in [0, 0.1) is 0 Å². The highest BCUT2D eigenvalue weighted by Gasteiger charge is 2.19. The summed E-state index contributed by atoms with van der Waals surface area (Å²) in [6, 6.07) is 30.9. The first-order valence-corrected chi connectivity index (χ1v) is 12.1. The first-order valence-electron chi connectivity index (χ1n) is 12.1. The molecule has 0 heterocycles. The number of carbonyl (C=O) groups is 1. The van der Waals surface area contributed by atoms with Gasteiger partial charge in [0.05, 0.1) is 22.7 Å². The van der Waals surface area contributed by atoms with E-state index in [0.717, 1.165) is 49.9 Å². The molecular formula is C31H22N6O. The van der Waals surface area contributed by atoms with Crippen LogP contribution in [0.1, 0.15) is 15.9 Å². The lowest BCUT2D eigenvalue weighted by molar-refractivity contribution is 0.106. The highest BCUT2D eigenvalue weighted by molar-refractivity contribution is 6.52. The van der Waals surface area contributed by atoms with Crippen LogP contribution in [0.15, 0.2) is 129 Å². The fourth-order valence-electron chi connectivity index (χ4n) is 4.58. The molecule has 7 heteroatoms. The number of nitrogens with one attached hydrogen (secondary N) is 1. The molecule has 7 nitrogen and oxygen atoms in total. The molecule has 38 heavy (non-hydrogen) atoms. The van der Waals surface area contributed by atoms with Crippen LogP contribution >= 0.6 is 0 Å². The van der Waals surface area contributed by atoms with Gasteiger partial charge in [-0.2, -0.15) is 15.3 Å². The molecule has 0 saturated heterocycles. The standard InChI is InChI=1S/C31H22N6O/c1-32-33-28-18-19-29(23-11-5-4-10-22(23)28)36-34-26-14-6-13-25-24(26)12-7-15-27(25)35-37-30-17-16-20-8-2-3-9-21(20)31(30)38/h2-19,35H,1H3/b33-32+,36-34+,37-30-. The Morgan fingerprint density at radius 2 is 1.18 bits per heavy atom. The number of azo groups is 2. The van der Waals surface area contributed by atoms with E-state index in [2.05, 4.69) is 31.0 Å². The molecule has 0 amide bonds. The zero-order chi connectivity index (χ0) is 25.9. The second kappa shape index (κ2) is 9.99. The Kier molecular flexibility index (Phi) is 6.08. The Labute approximate surface area is 219 Å². The molecule has 5 aromatic rings. The average Bonchev–Trinajstić information content (AvgIpc) is 2.96. The monoisotopic (exact) mass is 494 g/mol. The number of benzene rings is 5. The van der Waals surface area contributed by atoms with Crippen LogP contribution in [-0.2, 0) is 0 Å². The largest absolute Gasteiger partial charge is 0.287 e. The number of nitrogens with zero attached hydrogens (tertiary/aromatic N) is 5.